The lowest BCUT2D eigenvalue weighted by molar-refractivity contribution is -0.123. The van der Waals surface area contributed by atoms with Gasteiger partial charge in [0, 0.05) is 6.04 Å². The van der Waals surface area contributed by atoms with Gasteiger partial charge in [-0.2, -0.15) is 5.26 Å². The number of nitriles is 1. The second-order valence-electron chi connectivity index (χ2n) is 5.85. The number of nitrogens with zero attached hydrogens (tertiary/aromatic N) is 2. The molecule has 1 heterocycles. The fourth-order valence-corrected chi connectivity index (χ4v) is 3.15. The summed E-state index contributed by atoms with van der Waals surface area (Å²) in [6.45, 7) is 2.45. The van der Waals surface area contributed by atoms with Gasteiger partial charge in [0.1, 0.15) is 5.54 Å². The quantitative estimate of drug-likeness (QED) is 0.781. The molecule has 0 aromatic carbocycles. The van der Waals surface area contributed by atoms with Gasteiger partial charge in [0.25, 0.3) is 0 Å². The summed E-state index contributed by atoms with van der Waals surface area (Å²) in [4.78, 5) is 14.2. The molecule has 0 aromatic rings. The van der Waals surface area contributed by atoms with Crippen LogP contribution in [0.2, 0.25) is 0 Å². The summed E-state index contributed by atoms with van der Waals surface area (Å²) in [6.07, 6.45) is 5.86. The Bertz CT molecular complexity index is 351. The number of nitrogens with one attached hydrogen (secondary N) is 2. The fraction of sp³-hybridized carbons (Fsp3) is 0.857. The topological polar surface area (TPSA) is 68.2 Å². The molecule has 2 aliphatic rings. The van der Waals surface area contributed by atoms with Crippen molar-refractivity contribution in [3.8, 4) is 6.07 Å². The van der Waals surface area contributed by atoms with Gasteiger partial charge < -0.3 is 10.6 Å². The molecule has 106 valence electrons. The zero-order valence-electron chi connectivity index (χ0n) is 11.7. The molecule has 0 unspecified atom stereocenters. The molecule has 0 aromatic heterocycles. The van der Waals surface area contributed by atoms with Crippen molar-refractivity contribution in [1.29, 1.82) is 5.26 Å². The van der Waals surface area contributed by atoms with E-state index in [-0.39, 0.29) is 5.91 Å². The standard InChI is InChI=1S/C14H24N4O/c1-18(12-4-8-16-9-5-12)10-13(19)17-14(11-15)6-2-3-7-14/h12,16H,2-10H2,1H3,(H,17,19). The number of likely N-dealkylation sites (N-methyl/N-ethyl adjacent to an activating group) is 1. The Hall–Kier alpha value is -1.12. The maximum absolute atomic E-state index is 12.1. The highest BCUT2D eigenvalue weighted by Gasteiger charge is 2.35. The van der Waals surface area contributed by atoms with Crippen molar-refractivity contribution >= 4 is 5.91 Å². The van der Waals surface area contributed by atoms with Gasteiger partial charge in [0.2, 0.25) is 5.91 Å². The van der Waals surface area contributed by atoms with Crippen LogP contribution in [0.25, 0.3) is 0 Å². The van der Waals surface area contributed by atoms with Crippen molar-refractivity contribution < 1.29 is 4.79 Å². The zero-order valence-corrected chi connectivity index (χ0v) is 11.7. The van der Waals surface area contributed by atoms with Gasteiger partial charge >= 0.3 is 0 Å². The number of carbonyl (C=O) groups is 1. The zero-order chi connectivity index (χ0) is 13.7. The molecule has 1 saturated heterocycles. The molecular formula is C14H24N4O. The maximum atomic E-state index is 12.1. The summed E-state index contributed by atoms with van der Waals surface area (Å²) in [5, 5.41) is 15.5. The number of piperidine rings is 1. The smallest absolute Gasteiger partial charge is 0.235 e. The highest BCUT2D eigenvalue weighted by atomic mass is 16.2. The lowest BCUT2D eigenvalue weighted by atomic mass is 10.00. The largest absolute Gasteiger partial charge is 0.337 e. The summed E-state index contributed by atoms with van der Waals surface area (Å²) in [6, 6.07) is 2.78. The van der Waals surface area contributed by atoms with Gasteiger partial charge in [0.05, 0.1) is 12.6 Å². The molecular weight excluding hydrogens is 240 g/mol. The summed E-state index contributed by atoms with van der Waals surface area (Å²) < 4.78 is 0. The van der Waals surface area contributed by atoms with E-state index in [1.165, 1.54) is 0 Å². The van der Waals surface area contributed by atoms with Crippen molar-refractivity contribution in [1.82, 2.24) is 15.5 Å². The molecule has 2 fully saturated rings. The number of hydrogen-bond acceptors (Lipinski definition) is 4. The van der Waals surface area contributed by atoms with Crippen LogP contribution in [0.4, 0.5) is 0 Å². The van der Waals surface area contributed by atoms with Gasteiger partial charge in [-0.25, -0.2) is 0 Å². The molecule has 0 radical (unpaired) electrons. The van der Waals surface area contributed by atoms with E-state index in [0.29, 0.717) is 12.6 Å². The Kier molecular flexibility index (Phi) is 4.78. The third-order valence-corrected chi connectivity index (χ3v) is 4.37. The van der Waals surface area contributed by atoms with Crippen molar-refractivity contribution in [2.75, 3.05) is 26.7 Å². The van der Waals surface area contributed by atoms with Gasteiger partial charge in [-0.3, -0.25) is 9.69 Å². The average molecular weight is 264 g/mol. The summed E-state index contributed by atoms with van der Waals surface area (Å²) in [5.74, 6) is -0.00974. The normalized spacial score (nSPS) is 23.2. The molecule has 0 atom stereocenters. The number of hydrogen-bond donors (Lipinski definition) is 2. The van der Waals surface area contributed by atoms with E-state index in [1.54, 1.807) is 0 Å². The van der Waals surface area contributed by atoms with E-state index >= 15 is 0 Å². The van der Waals surface area contributed by atoms with Crippen LogP contribution in [-0.2, 0) is 4.79 Å². The lowest BCUT2D eigenvalue weighted by Crippen LogP contribution is -2.51. The van der Waals surface area contributed by atoms with Crippen LogP contribution in [0.1, 0.15) is 38.5 Å². The molecule has 1 amide bonds. The van der Waals surface area contributed by atoms with Gasteiger partial charge in [-0.15, -0.1) is 0 Å². The minimum absolute atomic E-state index is 0.00974. The molecule has 5 heteroatoms. The van der Waals surface area contributed by atoms with Crippen LogP contribution in [0.5, 0.6) is 0 Å². The molecule has 1 aliphatic carbocycles. The summed E-state index contributed by atoms with van der Waals surface area (Å²) >= 11 is 0. The van der Waals surface area contributed by atoms with E-state index in [9.17, 15) is 10.1 Å². The molecule has 5 nitrogen and oxygen atoms in total. The summed E-state index contributed by atoms with van der Waals surface area (Å²) in [5.41, 5.74) is -0.591. The Morgan fingerprint density at radius 3 is 2.63 bits per heavy atom. The molecule has 2 rings (SSSR count). The number of carbonyl (C=O) groups excluding carboxylic acids is 1. The van der Waals surface area contributed by atoms with Crippen molar-refractivity contribution in [2.45, 2.75) is 50.1 Å². The Labute approximate surface area is 115 Å². The average Bonchev–Trinajstić information content (AvgIpc) is 2.88. The Morgan fingerprint density at radius 1 is 1.42 bits per heavy atom. The van der Waals surface area contributed by atoms with E-state index in [1.807, 2.05) is 7.05 Å². The molecule has 19 heavy (non-hydrogen) atoms. The second kappa shape index (κ2) is 6.36. The van der Waals surface area contributed by atoms with E-state index < -0.39 is 5.54 Å². The van der Waals surface area contributed by atoms with Crippen molar-refractivity contribution in [3.63, 3.8) is 0 Å². The van der Waals surface area contributed by atoms with Crippen LogP contribution in [-0.4, -0.2) is 49.1 Å². The molecule has 1 saturated carbocycles. The van der Waals surface area contributed by atoms with Crippen molar-refractivity contribution in [3.05, 3.63) is 0 Å². The minimum Gasteiger partial charge on any atom is -0.337 e. The van der Waals surface area contributed by atoms with Crippen molar-refractivity contribution in [2.24, 2.45) is 0 Å². The first-order valence-electron chi connectivity index (χ1n) is 7.28. The monoisotopic (exact) mass is 264 g/mol. The summed E-state index contributed by atoms with van der Waals surface area (Å²) in [7, 11) is 2.00. The third-order valence-electron chi connectivity index (χ3n) is 4.37. The first-order valence-corrected chi connectivity index (χ1v) is 7.28. The molecule has 0 bridgehead atoms. The van der Waals surface area contributed by atoms with Gasteiger partial charge in [-0.1, -0.05) is 0 Å². The SMILES string of the molecule is CN(CC(=O)NC1(C#N)CCCC1)C1CCNCC1. The highest BCUT2D eigenvalue weighted by molar-refractivity contribution is 5.79. The van der Waals surface area contributed by atoms with Gasteiger partial charge in [0.15, 0.2) is 0 Å². The molecule has 2 N–H and O–H groups in total. The lowest BCUT2D eigenvalue weighted by Gasteiger charge is -2.32. The highest BCUT2D eigenvalue weighted by Crippen LogP contribution is 2.28. The molecule has 0 spiro atoms. The Morgan fingerprint density at radius 2 is 2.05 bits per heavy atom. The van der Waals surface area contributed by atoms with Crippen LogP contribution < -0.4 is 10.6 Å². The first kappa shape index (κ1) is 14.3. The van der Waals surface area contributed by atoms with E-state index in [0.717, 1.165) is 51.6 Å². The maximum Gasteiger partial charge on any atom is 0.235 e. The van der Waals surface area contributed by atoms with Crippen LogP contribution >= 0.6 is 0 Å². The number of amides is 1. The van der Waals surface area contributed by atoms with E-state index in [4.69, 9.17) is 0 Å². The van der Waals surface area contributed by atoms with Gasteiger partial charge in [-0.05, 0) is 58.7 Å². The van der Waals surface area contributed by atoms with Crippen LogP contribution in [0.3, 0.4) is 0 Å². The predicted octanol–water partition coefficient (Wildman–Crippen LogP) is 0.623. The first-order chi connectivity index (χ1) is 9.15. The molecule has 1 aliphatic heterocycles. The minimum atomic E-state index is -0.591. The second-order valence-corrected chi connectivity index (χ2v) is 5.85. The predicted molar refractivity (Wildman–Crippen MR) is 73.5 cm³/mol. The number of rotatable bonds is 4. The van der Waals surface area contributed by atoms with Crippen LogP contribution in [0, 0.1) is 11.3 Å². The third kappa shape index (κ3) is 3.68. The van der Waals surface area contributed by atoms with E-state index in [2.05, 4.69) is 21.6 Å². The Balaban J connectivity index is 1.81. The fourth-order valence-electron chi connectivity index (χ4n) is 3.15. The van der Waals surface area contributed by atoms with Crippen LogP contribution in [0.15, 0.2) is 0 Å².